The minimum atomic E-state index is -1.10. The lowest BCUT2D eigenvalue weighted by molar-refractivity contribution is -0.220. The van der Waals surface area contributed by atoms with E-state index in [-0.39, 0.29) is 24.0 Å². The van der Waals surface area contributed by atoms with E-state index in [2.05, 4.69) is 0 Å². The molecule has 4 saturated carbocycles. The molecule has 10 heteroatoms. The number of carbonyl (C=O) groups is 2. The van der Waals surface area contributed by atoms with Crippen LogP contribution in [0, 0.1) is 5.41 Å². The van der Waals surface area contributed by atoms with Crippen LogP contribution in [0.1, 0.15) is 98.2 Å². The molecule has 5 aliphatic rings. The lowest BCUT2D eigenvalue weighted by Gasteiger charge is -2.66. The number of benzene rings is 1. The topological polar surface area (TPSA) is 99.5 Å². The summed E-state index contributed by atoms with van der Waals surface area (Å²) in [5, 5.41) is 11.6. The van der Waals surface area contributed by atoms with Gasteiger partial charge in [-0.1, -0.05) is 12.1 Å². The second-order valence-corrected chi connectivity index (χ2v) is 15.8. The van der Waals surface area contributed by atoms with E-state index in [1.165, 1.54) is 4.57 Å². The Morgan fingerprint density at radius 1 is 1.02 bits per heavy atom. The van der Waals surface area contributed by atoms with E-state index in [4.69, 9.17) is 18.9 Å². The van der Waals surface area contributed by atoms with Crippen molar-refractivity contribution in [3.05, 3.63) is 35.5 Å². The van der Waals surface area contributed by atoms with Crippen LogP contribution in [0.4, 0.5) is 14.0 Å². The van der Waals surface area contributed by atoms with E-state index in [1.807, 2.05) is 79.7 Å². The van der Waals surface area contributed by atoms with Crippen molar-refractivity contribution >= 4 is 23.1 Å². The number of hydrogen-bond acceptors (Lipinski definition) is 7. The summed E-state index contributed by atoms with van der Waals surface area (Å²) in [6, 6.07) is 7.78. The van der Waals surface area contributed by atoms with Crippen LogP contribution in [0.3, 0.4) is 0 Å². The number of carbonyl (C=O) groups excluding carboxylic acids is 2. The largest absolute Gasteiger partial charge is 0.444 e. The molecule has 43 heavy (non-hydrogen) atoms. The van der Waals surface area contributed by atoms with E-state index in [1.54, 1.807) is 4.90 Å². The third-order valence-electron chi connectivity index (χ3n) is 8.95. The van der Waals surface area contributed by atoms with Gasteiger partial charge in [-0.2, -0.15) is 0 Å². The fraction of sp³-hybridized carbons (Fsp3) is 0.697. The Morgan fingerprint density at radius 3 is 2.26 bits per heavy atom. The third kappa shape index (κ3) is 5.78. The molecule has 4 aliphatic carbocycles. The molecule has 1 N–H and O–H groups in total. The molecule has 0 radical (unpaired) electrons. The Balaban J connectivity index is 1.37. The normalized spacial score (nSPS) is 32.6. The molecule has 7 rings (SSSR count). The molecule has 2 heterocycles. The highest BCUT2D eigenvalue weighted by atomic mass is 19.1. The maximum Gasteiger partial charge on any atom is 0.419 e. The van der Waals surface area contributed by atoms with Gasteiger partial charge in [-0.05, 0) is 104 Å². The minimum Gasteiger partial charge on any atom is -0.444 e. The van der Waals surface area contributed by atoms with Gasteiger partial charge in [-0.25, -0.2) is 18.5 Å². The van der Waals surface area contributed by atoms with Gasteiger partial charge in [-0.15, -0.1) is 0 Å². The van der Waals surface area contributed by atoms with Crippen molar-refractivity contribution < 1.29 is 38.0 Å². The van der Waals surface area contributed by atoms with Crippen molar-refractivity contribution in [1.29, 1.82) is 0 Å². The summed E-state index contributed by atoms with van der Waals surface area (Å²) >= 11 is 0. The fourth-order valence-corrected chi connectivity index (χ4v) is 7.57. The fourth-order valence-electron chi connectivity index (χ4n) is 7.57. The number of halogens is 1. The van der Waals surface area contributed by atoms with Crippen molar-refractivity contribution in [2.75, 3.05) is 6.54 Å². The number of ether oxygens (including phenoxy) is 4. The number of fused-ring (bicyclic) bond motifs is 2. The molecule has 236 valence electrons. The first-order valence-corrected chi connectivity index (χ1v) is 15.3. The first-order chi connectivity index (χ1) is 19.7. The molecule has 2 aromatic rings. The van der Waals surface area contributed by atoms with Crippen LogP contribution in [0.25, 0.3) is 10.9 Å². The quantitative estimate of drug-likeness (QED) is 0.423. The minimum absolute atomic E-state index is 0.0944. The number of amides is 1. The predicted molar refractivity (Wildman–Crippen MR) is 158 cm³/mol. The predicted octanol–water partition coefficient (Wildman–Crippen LogP) is 6.42. The highest BCUT2D eigenvalue weighted by molar-refractivity contribution is 5.91. The number of aromatic nitrogens is 1. The van der Waals surface area contributed by atoms with Gasteiger partial charge in [0.05, 0.1) is 24.3 Å². The molecule has 9 nitrogen and oxygen atoms in total. The van der Waals surface area contributed by atoms with Gasteiger partial charge >= 0.3 is 12.2 Å². The number of aliphatic hydroxyl groups is 1. The smallest absolute Gasteiger partial charge is 0.419 e. The summed E-state index contributed by atoms with van der Waals surface area (Å²) < 4.78 is 39.7. The Labute approximate surface area is 252 Å². The van der Waals surface area contributed by atoms with E-state index in [0.717, 1.165) is 10.9 Å². The molecule has 4 atom stereocenters. The molecule has 5 fully saturated rings. The highest BCUT2D eigenvalue weighted by Crippen LogP contribution is 2.69. The number of alkyl halides is 1. The molecule has 1 aromatic heterocycles. The van der Waals surface area contributed by atoms with Crippen LogP contribution in [-0.4, -0.2) is 74.3 Å². The monoisotopic (exact) mass is 600 g/mol. The number of rotatable bonds is 5. The second kappa shape index (κ2) is 9.65. The molecular weight excluding hydrogens is 555 g/mol. The standard InChI is InChI=1S/C33H45FN2O7/c1-29(2,3)42-27(38)35(18-32-15-33(34,16-32)17-32)14-21-11-20-10-9-19(12-23(20)36(21)28(39)43-30(4,5)6)22-13-24(37)26-25(22)40-31(7,8)41-26/h9-12,22,24-26,37H,13-18H2,1-8H3/t22-,24+,25-,26+,32?,33?/m1/s1. The summed E-state index contributed by atoms with van der Waals surface area (Å²) in [6.07, 6.45) is -0.670. The van der Waals surface area contributed by atoms with Gasteiger partial charge < -0.3 is 29.0 Å². The lowest BCUT2D eigenvalue weighted by Crippen LogP contribution is -2.68. The summed E-state index contributed by atoms with van der Waals surface area (Å²) in [4.78, 5) is 28.8. The number of aliphatic hydroxyl groups excluding tert-OH is 1. The Morgan fingerprint density at radius 2 is 1.65 bits per heavy atom. The van der Waals surface area contributed by atoms with Crippen molar-refractivity contribution in [3.63, 3.8) is 0 Å². The van der Waals surface area contributed by atoms with E-state index >= 15 is 0 Å². The van der Waals surface area contributed by atoms with Gasteiger partial charge in [0.15, 0.2) is 5.79 Å². The summed E-state index contributed by atoms with van der Waals surface area (Å²) in [7, 11) is 0. The lowest BCUT2D eigenvalue weighted by atomic mass is 9.42. The second-order valence-electron chi connectivity index (χ2n) is 15.8. The first-order valence-electron chi connectivity index (χ1n) is 15.3. The maximum atomic E-state index is 14.4. The van der Waals surface area contributed by atoms with Crippen molar-refractivity contribution in [2.45, 2.75) is 135 Å². The Bertz CT molecular complexity index is 1430. The SMILES string of the molecule is CC(C)(C)OC(=O)N(Cc1cc2ccc([C@H]3C[C@H](O)[C@@H]4OC(C)(C)O[C@@H]43)cc2n1C(=O)OC(C)(C)C)CC12CC(F)(C1)C2. The molecular formula is C33H45FN2O7. The Hall–Kier alpha value is -2.69. The van der Waals surface area contributed by atoms with Crippen molar-refractivity contribution in [3.8, 4) is 0 Å². The van der Waals surface area contributed by atoms with Crippen LogP contribution in [0.15, 0.2) is 24.3 Å². The van der Waals surface area contributed by atoms with Crippen LogP contribution in [-0.2, 0) is 25.5 Å². The zero-order valence-electron chi connectivity index (χ0n) is 26.5. The maximum absolute atomic E-state index is 14.4. The molecule has 2 bridgehead atoms. The van der Waals surface area contributed by atoms with Gasteiger partial charge in [0.25, 0.3) is 0 Å². The third-order valence-corrected chi connectivity index (χ3v) is 8.95. The average molecular weight is 601 g/mol. The van der Waals surface area contributed by atoms with Gasteiger partial charge in [0, 0.05) is 23.5 Å². The van der Waals surface area contributed by atoms with Crippen molar-refractivity contribution in [2.24, 2.45) is 5.41 Å². The zero-order chi connectivity index (χ0) is 31.3. The molecule has 0 unspecified atom stereocenters. The molecule has 1 aliphatic heterocycles. The number of nitrogens with zero attached hydrogens (tertiary/aromatic N) is 2. The molecule has 0 spiro atoms. The zero-order valence-corrected chi connectivity index (χ0v) is 26.5. The summed E-state index contributed by atoms with van der Waals surface area (Å²) in [5.74, 6) is -0.928. The van der Waals surface area contributed by atoms with E-state index in [9.17, 15) is 19.1 Å². The average Bonchev–Trinajstić information content (AvgIpc) is 3.42. The van der Waals surface area contributed by atoms with Crippen LogP contribution in [0.2, 0.25) is 0 Å². The Kier molecular flexibility index (Phi) is 6.81. The van der Waals surface area contributed by atoms with Crippen molar-refractivity contribution in [1.82, 2.24) is 9.47 Å². The van der Waals surface area contributed by atoms with Gasteiger partial charge in [0.1, 0.15) is 23.0 Å². The van der Waals surface area contributed by atoms with Crippen LogP contribution in [0.5, 0.6) is 0 Å². The molecule has 1 aromatic carbocycles. The number of hydrogen-bond donors (Lipinski definition) is 1. The summed E-state index contributed by atoms with van der Waals surface area (Å²) in [5.41, 5.74) is -0.697. The van der Waals surface area contributed by atoms with Gasteiger partial charge in [0.2, 0.25) is 0 Å². The molecule has 1 saturated heterocycles. The first kappa shape index (κ1) is 30.3. The summed E-state index contributed by atoms with van der Waals surface area (Å²) in [6.45, 7) is 15.0. The van der Waals surface area contributed by atoms with E-state index in [0.29, 0.717) is 43.4 Å². The highest BCUT2D eigenvalue weighted by Gasteiger charge is 2.69. The van der Waals surface area contributed by atoms with Crippen LogP contribution < -0.4 is 0 Å². The van der Waals surface area contributed by atoms with Crippen LogP contribution >= 0.6 is 0 Å². The van der Waals surface area contributed by atoms with Gasteiger partial charge in [-0.3, -0.25) is 0 Å². The molecule has 1 amide bonds. The van der Waals surface area contributed by atoms with E-state index < -0.39 is 47.1 Å².